The van der Waals surface area contributed by atoms with Gasteiger partial charge in [0.1, 0.15) is 6.61 Å². The summed E-state index contributed by atoms with van der Waals surface area (Å²) in [7, 11) is 0. The second-order valence-electron chi connectivity index (χ2n) is 5.28. The molecule has 0 heterocycles. The van der Waals surface area contributed by atoms with Crippen LogP contribution in [0.1, 0.15) is 30.5 Å². The van der Waals surface area contributed by atoms with Gasteiger partial charge in [-0.1, -0.05) is 24.3 Å². The van der Waals surface area contributed by atoms with Gasteiger partial charge in [-0.15, -0.1) is 0 Å². The van der Waals surface area contributed by atoms with Crippen LogP contribution in [0.4, 0.5) is 0 Å². The maximum absolute atomic E-state index is 11.9. The Morgan fingerprint density at radius 2 is 1.81 bits per heavy atom. The van der Waals surface area contributed by atoms with Gasteiger partial charge in [-0.2, -0.15) is 5.26 Å². The number of ether oxygens (including phenoxy) is 3. The summed E-state index contributed by atoms with van der Waals surface area (Å²) in [5.74, 6) is 0.819. The minimum atomic E-state index is -0.482. The van der Waals surface area contributed by atoms with Crippen molar-refractivity contribution in [3.63, 3.8) is 0 Å². The molecule has 26 heavy (non-hydrogen) atoms. The van der Waals surface area contributed by atoms with Gasteiger partial charge in [0.15, 0.2) is 11.5 Å². The third kappa shape index (κ3) is 5.38. The van der Waals surface area contributed by atoms with E-state index < -0.39 is 5.97 Å². The van der Waals surface area contributed by atoms with Gasteiger partial charge < -0.3 is 14.2 Å². The number of nitriles is 1. The minimum absolute atomic E-state index is 0.0559. The van der Waals surface area contributed by atoms with Crippen molar-refractivity contribution in [3.8, 4) is 17.6 Å². The molecule has 0 bridgehead atoms. The number of benzene rings is 2. The van der Waals surface area contributed by atoms with Crippen molar-refractivity contribution < 1.29 is 19.0 Å². The predicted molar refractivity (Wildman–Crippen MR) is 98.8 cm³/mol. The van der Waals surface area contributed by atoms with E-state index in [0.717, 1.165) is 5.56 Å². The Labute approximate surface area is 153 Å². The Balaban J connectivity index is 2.01. The van der Waals surface area contributed by atoms with Crippen LogP contribution in [0.25, 0.3) is 6.08 Å². The number of hydrogen-bond donors (Lipinski definition) is 0. The lowest BCUT2D eigenvalue weighted by molar-refractivity contribution is -0.138. The molecule has 0 fully saturated rings. The van der Waals surface area contributed by atoms with Crippen LogP contribution in [-0.2, 0) is 16.1 Å². The van der Waals surface area contributed by atoms with E-state index in [-0.39, 0.29) is 6.61 Å². The van der Waals surface area contributed by atoms with Gasteiger partial charge in [0, 0.05) is 11.6 Å². The fourth-order valence-electron chi connectivity index (χ4n) is 2.29. The van der Waals surface area contributed by atoms with Crippen molar-refractivity contribution >= 4 is 12.0 Å². The summed E-state index contributed by atoms with van der Waals surface area (Å²) in [4.78, 5) is 11.9. The van der Waals surface area contributed by atoms with Crippen molar-refractivity contribution in [2.24, 2.45) is 0 Å². The Kier molecular flexibility index (Phi) is 7.26. The van der Waals surface area contributed by atoms with Gasteiger partial charge in [-0.05, 0) is 43.7 Å². The zero-order chi connectivity index (χ0) is 18.8. The first-order chi connectivity index (χ1) is 12.7. The van der Waals surface area contributed by atoms with Crippen molar-refractivity contribution in [1.29, 1.82) is 5.26 Å². The topological polar surface area (TPSA) is 68.5 Å². The highest BCUT2D eigenvalue weighted by atomic mass is 16.5. The van der Waals surface area contributed by atoms with Gasteiger partial charge >= 0.3 is 5.97 Å². The molecule has 2 aromatic carbocycles. The number of hydrogen-bond acceptors (Lipinski definition) is 5. The summed E-state index contributed by atoms with van der Waals surface area (Å²) in [6.07, 6.45) is 3.00. The highest BCUT2D eigenvalue weighted by Crippen LogP contribution is 2.29. The van der Waals surface area contributed by atoms with Gasteiger partial charge in [0.25, 0.3) is 0 Å². The molecule has 0 spiro atoms. The summed E-state index contributed by atoms with van der Waals surface area (Å²) < 4.78 is 16.3. The average Bonchev–Trinajstić information content (AvgIpc) is 2.67. The molecule has 0 radical (unpaired) electrons. The van der Waals surface area contributed by atoms with Crippen LogP contribution < -0.4 is 9.47 Å². The largest absolute Gasteiger partial charge is 0.490 e. The summed E-state index contributed by atoms with van der Waals surface area (Å²) in [5, 5.41) is 9.04. The standard InChI is InChI=1S/C21H21NO4/c1-3-24-19-11-9-16(13-20(19)25-4-2)10-12-21(23)26-15-18-8-6-5-7-17(18)14-22/h5-13H,3-4,15H2,1-2H3/b12-10+. The first-order valence-electron chi connectivity index (χ1n) is 8.40. The monoisotopic (exact) mass is 351 g/mol. The molecule has 0 saturated carbocycles. The summed E-state index contributed by atoms with van der Waals surface area (Å²) in [5.41, 5.74) is 1.97. The van der Waals surface area contributed by atoms with E-state index in [1.165, 1.54) is 6.08 Å². The zero-order valence-electron chi connectivity index (χ0n) is 14.9. The highest BCUT2D eigenvalue weighted by Gasteiger charge is 2.06. The van der Waals surface area contributed by atoms with Gasteiger partial charge in [-0.3, -0.25) is 0 Å². The maximum Gasteiger partial charge on any atom is 0.331 e. The summed E-state index contributed by atoms with van der Waals surface area (Å²) >= 11 is 0. The smallest absolute Gasteiger partial charge is 0.331 e. The van der Waals surface area contributed by atoms with Crippen molar-refractivity contribution in [2.45, 2.75) is 20.5 Å². The predicted octanol–water partition coefficient (Wildman–Crippen LogP) is 4.11. The second-order valence-corrected chi connectivity index (χ2v) is 5.28. The summed E-state index contributed by atoms with van der Waals surface area (Å²) in [6, 6.07) is 14.5. The van der Waals surface area contributed by atoms with Crippen molar-refractivity contribution in [1.82, 2.24) is 0 Å². The van der Waals surface area contributed by atoms with E-state index >= 15 is 0 Å². The average molecular weight is 351 g/mol. The Morgan fingerprint density at radius 1 is 1.08 bits per heavy atom. The third-order valence-electron chi connectivity index (χ3n) is 3.49. The molecule has 2 aromatic rings. The van der Waals surface area contributed by atoms with Crippen LogP contribution >= 0.6 is 0 Å². The number of carbonyl (C=O) groups is 1. The van der Waals surface area contributed by atoms with Crippen LogP contribution in [0.3, 0.4) is 0 Å². The molecule has 0 aliphatic rings. The Morgan fingerprint density at radius 3 is 2.54 bits per heavy atom. The minimum Gasteiger partial charge on any atom is -0.490 e. The quantitative estimate of drug-likeness (QED) is 0.529. The molecule has 134 valence electrons. The maximum atomic E-state index is 11.9. The van der Waals surface area contributed by atoms with Crippen molar-refractivity contribution in [2.75, 3.05) is 13.2 Å². The van der Waals surface area contributed by atoms with E-state index in [9.17, 15) is 4.79 Å². The third-order valence-corrected chi connectivity index (χ3v) is 3.49. The van der Waals surface area contributed by atoms with Crippen LogP contribution in [0.2, 0.25) is 0 Å². The number of esters is 1. The fourth-order valence-corrected chi connectivity index (χ4v) is 2.29. The first kappa shape index (κ1) is 19.1. The lowest BCUT2D eigenvalue weighted by Gasteiger charge is -2.11. The molecule has 0 aliphatic heterocycles. The Hall–Kier alpha value is -3.26. The molecule has 0 atom stereocenters. The van der Waals surface area contributed by atoms with Crippen LogP contribution in [-0.4, -0.2) is 19.2 Å². The lowest BCUT2D eigenvalue weighted by Crippen LogP contribution is -2.02. The lowest BCUT2D eigenvalue weighted by atomic mass is 10.1. The van der Waals surface area contributed by atoms with E-state index in [1.54, 1.807) is 30.3 Å². The molecular weight excluding hydrogens is 330 g/mol. The molecule has 5 nitrogen and oxygen atoms in total. The second kappa shape index (κ2) is 9.90. The summed E-state index contributed by atoms with van der Waals surface area (Å²) in [6.45, 7) is 4.93. The van der Waals surface area contributed by atoms with E-state index in [2.05, 4.69) is 6.07 Å². The molecule has 0 N–H and O–H groups in total. The molecule has 0 saturated heterocycles. The van der Waals surface area contributed by atoms with Crippen LogP contribution in [0.5, 0.6) is 11.5 Å². The van der Waals surface area contributed by atoms with Crippen molar-refractivity contribution in [3.05, 3.63) is 65.2 Å². The molecule has 0 aliphatic carbocycles. The zero-order valence-corrected chi connectivity index (χ0v) is 14.9. The van der Waals surface area contributed by atoms with Gasteiger partial charge in [-0.25, -0.2) is 4.79 Å². The van der Waals surface area contributed by atoms with Gasteiger partial charge in [0.05, 0.1) is 24.8 Å². The molecular formula is C21H21NO4. The fraction of sp³-hybridized carbons (Fsp3) is 0.238. The van der Waals surface area contributed by atoms with E-state index in [0.29, 0.717) is 35.8 Å². The highest BCUT2D eigenvalue weighted by molar-refractivity contribution is 5.87. The SMILES string of the molecule is CCOc1ccc(/C=C/C(=O)OCc2ccccc2C#N)cc1OCC. The molecule has 5 heteroatoms. The molecule has 0 unspecified atom stereocenters. The van der Waals surface area contributed by atoms with E-state index in [1.807, 2.05) is 32.0 Å². The number of carbonyl (C=O) groups excluding carboxylic acids is 1. The molecule has 0 amide bonds. The Bertz CT molecular complexity index is 821. The normalized spacial score (nSPS) is 10.3. The van der Waals surface area contributed by atoms with Gasteiger partial charge in [0.2, 0.25) is 0 Å². The first-order valence-corrected chi connectivity index (χ1v) is 8.40. The van der Waals surface area contributed by atoms with E-state index in [4.69, 9.17) is 19.5 Å². The molecule has 2 rings (SSSR count). The number of rotatable bonds is 8. The molecule has 0 aromatic heterocycles. The van der Waals surface area contributed by atoms with Crippen LogP contribution in [0, 0.1) is 11.3 Å². The van der Waals surface area contributed by atoms with Crippen LogP contribution in [0.15, 0.2) is 48.5 Å². The number of nitrogens with zero attached hydrogens (tertiary/aromatic N) is 1.